The van der Waals surface area contributed by atoms with Crippen LogP contribution < -0.4 is 10.3 Å². The average Bonchev–Trinajstić information content (AvgIpc) is 3.60. The van der Waals surface area contributed by atoms with Gasteiger partial charge in [0.2, 0.25) is 15.3 Å². The lowest BCUT2D eigenvalue weighted by atomic mass is 10.1. The molecule has 0 amide bonds. The van der Waals surface area contributed by atoms with Crippen molar-refractivity contribution in [2.75, 3.05) is 0 Å². The van der Waals surface area contributed by atoms with Crippen molar-refractivity contribution in [3.8, 4) is 0 Å². The number of halogens is 1. The number of rotatable bonds is 6. The molecule has 0 unspecified atom stereocenters. The Hall–Kier alpha value is -2.23. The first-order valence-corrected chi connectivity index (χ1v) is 11.7. The molecule has 10 heteroatoms. The van der Waals surface area contributed by atoms with E-state index in [1.54, 1.807) is 0 Å². The Morgan fingerprint density at radius 2 is 2.07 bits per heavy atom. The van der Waals surface area contributed by atoms with Gasteiger partial charge in [0.1, 0.15) is 5.76 Å². The van der Waals surface area contributed by atoms with E-state index in [9.17, 15) is 13.2 Å². The number of aryl methyl sites for hydroxylation is 1. The number of nitrogens with one attached hydrogen (secondary N) is 1. The summed E-state index contributed by atoms with van der Waals surface area (Å²) in [4.78, 5) is 17.6. The standard InChI is InChI=1S/C20H21ClN4O4S/c1-11-15(17(29-23-11)12-3-4-12)10-25-18(26)14-9-13(5-6-16(14)22-19(25)21)30(27,28)24-20(2)7-8-20/h5-6,9,12,24H,3-4,7-8,10H2,1-2H3. The molecular formula is C20H21ClN4O4S. The van der Waals surface area contributed by atoms with Gasteiger partial charge in [0.15, 0.2) is 0 Å². The highest BCUT2D eigenvalue weighted by molar-refractivity contribution is 7.89. The predicted molar refractivity (Wildman–Crippen MR) is 111 cm³/mol. The summed E-state index contributed by atoms with van der Waals surface area (Å²) in [5, 5.41) is 4.28. The van der Waals surface area contributed by atoms with Gasteiger partial charge in [-0.15, -0.1) is 0 Å². The molecule has 2 aromatic heterocycles. The fourth-order valence-corrected chi connectivity index (χ4v) is 5.29. The number of fused-ring (bicyclic) bond motifs is 1. The van der Waals surface area contributed by atoms with Crippen LogP contribution >= 0.6 is 11.6 Å². The summed E-state index contributed by atoms with van der Waals surface area (Å²) in [6, 6.07) is 4.32. The molecule has 2 aliphatic carbocycles. The van der Waals surface area contributed by atoms with Gasteiger partial charge < -0.3 is 4.52 Å². The van der Waals surface area contributed by atoms with E-state index in [-0.39, 0.29) is 22.1 Å². The van der Waals surface area contributed by atoms with Crippen LogP contribution in [0.25, 0.3) is 10.9 Å². The molecule has 0 atom stereocenters. The van der Waals surface area contributed by atoms with Crippen LogP contribution in [0.15, 0.2) is 32.4 Å². The number of hydrogen-bond donors (Lipinski definition) is 1. The Bertz CT molecular complexity index is 1340. The van der Waals surface area contributed by atoms with Crippen LogP contribution in [0.4, 0.5) is 0 Å². The van der Waals surface area contributed by atoms with E-state index in [4.69, 9.17) is 16.1 Å². The number of sulfonamides is 1. The SMILES string of the molecule is Cc1noc(C2CC2)c1Cn1c(Cl)nc2ccc(S(=O)(=O)NC3(C)CC3)cc2c1=O. The molecule has 1 aromatic carbocycles. The minimum absolute atomic E-state index is 0.0362. The van der Waals surface area contributed by atoms with Gasteiger partial charge in [-0.05, 0) is 69.3 Å². The van der Waals surface area contributed by atoms with Gasteiger partial charge in [-0.1, -0.05) is 5.16 Å². The minimum atomic E-state index is -3.74. The molecule has 5 rings (SSSR count). The van der Waals surface area contributed by atoms with Crippen LogP contribution in [-0.2, 0) is 16.6 Å². The zero-order valence-corrected chi connectivity index (χ0v) is 18.2. The van der Waals surface area contributed by atoms with Crippen molar-refractivity contribution < 1.29 is 12.9 Å². The van der Waals surface area contributed by atoms with Crippen molar-refractivity contribution in [2.45, 2.75) is 62.4 Å². The fraction of sp³-hybridized carbons (Fsp3) is 0.450. The molecular weight excluding hydrogens is 428 g/mol. The molecule has 0 saturated heterocycles. The Kier molecular flexibility index (Phi) is 4.36. The van der Waals surface area contributed by atoms with Gasteiger partial charge in [-0.25, -0.2) is 18.1 Å². The van der Waals surface area contributed by atoms with Crippen molar-refractivity contribution in [3.05, 3.63) is 50.9 Å². The number of hydrogen-bond acceptors (Lipinski definition) is 6. The zero-order chi connectivity index (χ0) is 21.3. The smallest absolute Gasteiger partial charge is 0.262 e. The maximum absolute atomic E-state index is 13.2. The van der Waals surface area contributed by atoms with Crippen LogP contribution in [0.5, 0.6) is 0 Å². The highest BCUT2D eigenvalue weighted by atomic mass is 35.5. The Labute approximate surface area is 178 Å². The second-order valence-corrected chi connectivity index (χ2v) is 10.5. The summed E-state index contributed by atoms with van der Waals surface area (Å²) in [6.45, 7) is 3.86. The Morgan fingerprint density at radius 3 is 2.73 bits per heavy atom. The lowest BCUT2D eigenvalue weighted by Gasteiger charge is -2.13. The predicted octanol–water partition coefficient (Wildman–Crippen LogP) is 3.10. The monoisotopic (exact) mass is 448 g/mol. The summed E-state index contributed by atoms with van der Waals surface area (Å²) in [6.07, 6.45) is 3.66. The van der Waals surface area contributed by atoms with Crippen molar-refractivity contribution in [2.24, 2.45) is 0 Å². The first-order chi connectivity index (χ1) is 14.2. The van der Waals surface area contributed by atoms with E-state index in [0.717, 1.165) is 37.0 Å². The summed E-state index contributed by atoms with van der Waals surface area (Å²) < 4.78 is 35.0. The third-order valence-corrected chi connectivity index (χ3v) is 7.77. The highest BCUT2D eigenvalue weighted by Gasteiger charge is 2.41. The highest BCUT2D eigenvalue weighted by Crippen LogP contribution is 2.42. The summed E-state index contributed by atoms with van der Waals surface area (Å²) in [5.41, 5.74) is 1.08. The normalized spacial score (nSPS) is 18.1. The fourth-order valence-electron chi connectivity index (χ4n) is 3.57. The molecule has 3 aromatic rings. The van der Waals surface area contributed by atoms with Crippen LogP contribution in [0.1, 0.15) is 55.5 Å². The first kappa shape index (κ1) is 19.7. The van der Waals surface area contributed by atoms with E-state index in [1.165, 1.54) is 22.8 Å². The molecule has 2 heterocycles. The van der Waals surface area contributed by atoms with E-state index in [2.05, 4.69) is 14.9 Å². The van der Waals surface area contributed by atoms with Gasteiger partial charge in [0.25, 0.3) is 5.56 Å². The molecule has 0 bridgehead atoms. The van der Waals surface area contributed by atoms with Crippen LogP contribution in [-0.4, -0.2) is 28.7 Å². The number of benzene rings is 1. The molecule has 0 spiro atoms. The lowest BCUT2D eigenvalue weighted by Crippen LogP contribution is -2.34. The third kappa shape index (κ3) is 3.44. The molecule has 2 aliphatic rings. The van der Waals surface area contributed by atoms with E-state index in [1.807, 2.05) is 13.8 Å². The quantitative estimate of drug-likeness (QED) is 0.580. The van der Waals surface area contributed by atoms with Gasteiger partial charge in [-0.3, -0.25) is 9.36 Å². The van der Waals surface area contributed by atoms with E-state index >= 15 is 0 Å². The first-order valence-electron chi connectivity index (χ1n) is 9.86. The topological polar surface area (TPSA) is 107 Å². The summed E-state index contributed by atoms with van der Waals surface area (Å²) in [7, 11) is -3.74. The maximum atomic E-state index is 13.2. The van der Waals surface area contributed by atoms with E-state index in [0.29, 0.717) is 17.1 Å². The molecule has 8 nitrogen and oxygen atoms in total. The number of nitrogens with zero attached hydrogens (tertiary/aromatic N) is 3. The third-order valence-electron chi connectivity index (χ3n) is 5.85. The second kappa shape index (κ2) is 6.63. The Balaban J connectivity index is 1.58. The number of aromatic nitrogens is 3. The largest absolute Gasteiger partial charge is 0.360 e. The second-order valence-electron chi connectivity index (χ2n) is 8.50. The zero-order valence-electron chi connectivity index (χ0n) is 16.6. The molecule has 0 radical (unpaired) electrons. The summed E-state index contributed by atoms with van der Waals surface area (Å²) >= 11 is 6.32. The molecule has 2 fully saturated rings. The Morgan fingerprint density at radius 1 is 1.33 bits per heavy atom. The molecule has 0 aliphatic heterocycles. The van der Waals surface area contributed by atoms with Gasteiger partial charge >= 0.3 is 0 Å². The van der Waals surface area contributed by atoms with Crippen molar-refractivity contribution in [1.82, 2.24) is 19.4 Å². The summed E-state index contributed by atoms with van der Waals surface area (Å²) in [5.74, 6) is 1.12. The van der Waals surface area contributed by atoms with Gasteiger partial charge in [-0.2, -0.15) is 0 Å². The lowest BCUT2D eigenvalue weighted by molar-refractivity contribution is 0.379. The molecule has 30 heavy (non-hydrogen) atoms. The van der Waals surface area contributed by atoms with Gasteiger partial charge in [0.05, 0.1) is 28.0 Å². The molecule has 1 N–H and O–H groups in total. The van der Waals surface area contributed by atoms with Crippen LogP contribution in [0.2, 0.25) is 5.28 Å². The van der Waals surface area contributed by atoms with Crippen molar-refractivity contribution >= 4 is 32.5 Å². The van der Waals surface area contributed by atoms with Gasteiger partial charge in [0, 0.05) is 17.0 Å². The molecule has 158 valence electrons. The molecule has 2 saturated carbocycles. The minimum Gasteiger partial charge on any atom is -0.360 e. The van der Waals surface area contributed by atoms with Crippen molar-refractivity contribution in [1.29, 1.82) is 0 Å². The maximum Gasteiger partial charge on any atom is 0.262 e. The van der Waals surface area contributed by atoms with Crippen LogP contribution in [0.3, 0.4) is 0 Å². The average molecular weight is 449 g/mol. The van der Waals surface area contributed by atoms with Crippen molar-refractivity contribution in [3.63, 3.8) is 0 Å². The van der Waals surface area contributed by atoms with Crippen LogP contribution in [0, 0.1) is 6.92 Å². The van der Waals surface area contributed by atoms with E-state index < -0.39 is 21.1 Å².